The highest BCUT2D eigenvalue weighted by Crippen LogP contribution is 2.14. The van der Waals surface area contributed by atoms with E-state index in [1.165, 1.54) is 0 Å². The lowest BCUT2D eigenvalue weighted by Crippen LogP contribution is -2.26. The Bertz CT molecular complexity index is 979. The first-order chi connectivity index (χ1) is 11.0. The summed E-state index contributed by atoms with van der Waals surface area (Å²) in [6, 6.07) is 8.38. The molecule has 2 heterocycles. The summed E-state index contributed by atoms with van der Waals surface area (Å²) in [5, 5.41) is 3.37. The number of nitrogens with one attached hydrogen (secondary N) is 3. The number of nitrogens with zero attached hydrogens (tertiary/aromatic N) is 1. The van der Waals surface area contributed by atoms with Crippen LogP contribution in [-0.2, 0) is 0 Å². The number of fused-ring (bicyclic) bond motifs is 1. The average Bonchev–Trinajstić information content (AvgIpc) is 2.54. The van der Waals surface area contributed by atoms with Crippen LogP contribution in [0.15, 0.2) is 47.5 Å². The lowest BCUT2D eigenvalue weighted by Gasteiger charge is -2.14. The maximum atomic E-state index is 12.4. The van der Waals surface area contributed by atoms with Gasteiger partial charge in [-0.2, -0.15) is 0 Å². The number of benzene rings is 1. The molecule has 3 N–H and O–H groups in total. The molecule has 23 heavy (non-hydrogen) atoms. The Morgan fingerprint density at radius 3 is 2.70 bits per heavy atom. The van der Waals surface area contributed by atoms with Gasteiger partial charge in [0, 0.05) is 18.0 Å². The Balaban J connectivity index is 1.89. The molecule has 116 valence electrons. The number of pyridine rings is 1. The van der Waals surface area contributed by atoms with E-state index in [0.29, 0.717) is 16.5 Å². The van der Waals surface area contributed by atoms with Gasteiger partial charge >= 0.3 is 0 Å². The van der Waals surface area contributed by atoms with Crippen LogP contribution in [0.4, 0.5) is 0 Å². The van der Waals surface area contributed by atoms with E-state index in [9.17, 15) is 9.59 Å². The molecular weight excluding hydrogens is 312 g/mol. The molecule has 0 unspecified atom stereocenters. The highest BCUT2D eigenvalue weighted by Gasteiger charge is 2.12. The number of amides is 1. The minimum atomic E-state index is -0.277. The molecule has 1 amide bonds. The van der Waals surface area contributed by atoms with Gasteiger partial charge in [-0.15, -0.1) is 0 Å². The molecule has 0 saturated carbocycles. The molecule has 0 saturated heterocycles. The number of hydrogen-bond acceptors (Lipinski definition) is 4. The predicted octanol–water partition coefficient (Wildman–Crippen LogP) is 2.47. The maximum absolute atomic E-state index is 12.4. The Morgan fingerprint density at radius 1 is 1.22 bits per heavy atom. The molecule has 7 heteroatoms. The molecule has 0 fully saturated rings. The van der Waals surface area contributed by atoms with E-state index in [4.69, 9.17) is 12.2 Å². The van der Waals surface area contributed by atoms with Crippen molar-refractivity contribution in [3.8, 4) is 0 Å². The molecule has 3 rings (SSSR count). The molecule has 0 bridgehead atoms. The van der Waals surface area contributed by atoms with E-state index in [1.807, 2.05) is 19.1 Å². The molecule has 1 aromatic carbocycles. The van der Waals surface area contributed by atoms with E-state index in [2.05, 4.69) is 20.3 Å². The van der Waals surface area contributed by atoms with Crippen molar-refractivity contribution in [3.63, 3.8) is 0 Å². The first-order valence-corrected chi connectivity index (χ1v) is 7.42. The number of aromatic nitrogens is 3. The standard InChI is InChI=1S/C16H14N4O2S/c1-9(10-4-6-17-7-5-10)18-14(21)11-2-3-12-13(8-11)19-16(23)20-15(12)22/h2-9H,1H3,(H,18,21)(H2,19,20,22,23)/t9-/m1/s1. The number of hydrogen-bond donors (Lipinski definition) is 3. The van der Waals surface area contributed by atoms with Gasteiger partial charge in [-0.1, -0.05) is 0 Å². The SMILES string of the molecule is C[C@@H](NC(=O)c1ccc2c(=O)[nH]c(=S)[nH]c2c1)c1ccncc1. The summed E-state index contributed by atoms with van der Waals surface area (Å²) in [5.74, 6) is -0.226. The van der Waals surface area contributed by atoms with Crippen LogP contribution in [-0.4, -0.2) is 20.9 Å². The first kappa shape index (κ1) is 15.1. The monoisotopic (exact) mass is 326 g/mol. The number of carbonyl (C=O) groups is 1. The first-order valence-electron chi connectivity index (χ1n) is 7.02. The zero-order valence-electron chi connectivity index (χ0n) is 12.3. The molecule has 0 aliphatic heterocycles. The van der Waals surface area contributed by atoms with Crippen LogP contribution in [0.5, 0.6) is 0 Å². The molecule has 0 spiro atoms. The van der Waals surface area contributed by atoms with Crippen molar-refractivity contribution in [1.82, 2.24) is 20.3 Å². The summed E-state index contributed by atoms with van der Waals surface area (Å²) < 4.78 is 0.227. The highest BCUT2D eigenvalue weighted by atomic mass is 32.1. The van der Waals surface area contributed by atoms with Gasteiger partial charge in [0.05, 0.1) is 16.9 Å². The van der Waals surface area contributed by atoms with Gasteiger partial charge in [-0.05, 0) is 55.0 Å². The van der Waals surface area contributed by atoms with Gasteiger partial charge < -0.3 is 10.3 Å². The van der Waals surface area contributed by atoms with Crippen molar-refractivity contribution < 1.29 is 4.79 Å². The highest BCUT2D eigenvalue weighted by molar-refractivity contribution is 7.71. The Hall–Kier alpha value is -2.80. The van der Waals surface area contributed by atoms with Gasteiger partial charge in [0.25, 0.3) is 11.5 Å². The normalized spacial score (nSPS) is 12.0. The fraction of sp³-hybridized carbons (Fsp3) is 0.125. The number of rotatable bonds is 3. The summed E-state index contributed by atoms with van der Waals surface area (Å²) in [4.78, 5) is 33.5. The van der Waals surface area contributed by atoms with Crippen LogP contribution in [0.2, 0.25) is 0 Å². The summed E-state index contributed by atoms with van der Waals surface area (Å²) >= 11 is 4.95. The second kappa shape index (κ2) is 6.13. The third kappa shape index (κ3) is 3.19. The zero-order valence-corrected chi connectivity index (χ0v) is 13.1. The van der Waals surface area contributed by atoms with E-state index < -0.39 is 0 Å². The van der Waals surface area contributed by atoms with Crippen LogP contribution in [0.1, 0.15) is 28.9 Å². The molecule has 1 atom stereocenters. The third-order valence-corrected chi connectivity index (χ3v) is 3.76. The Morgan fingerprint density at radius 2 is 1.96 bits per heavy atom. The number of aromatic amines is 2. The van der Waals surface area contributed by atoms with Gasteiger partial charge in [0.15, 0.2) is 4.77 Å². The third-order valence-electron chi connectivity index (χ3n) is 3.56. The van der Waals surface area contributed by atoms with Crippen LogP contribution < -0.4 is 10.9 Å². The average molecular weight is 326 g/mol. The summed E-state index contributed by atoms with van der Waals surface area (Å²) in [6.07, 6.45) is 3.36. The minimum absolute atomic E-state index is 0.154. The topological polar surface area (TPSA) is 90.6 Å². The van der Waals surface area contributed by atoms with Gasteiger partial charge in [0.1, 0.15) is 0 Å². The van der Waals surface area contributed by atoms with Crippen LogP contribution in [0, 0.1) is 4.77 Å². The fourth-order valence-electron chi connectivity index (χ4n) is 2.33. The maximum Gasteiger partial charge on any atom is 0.259 e. The molecule has 0 aliphatic rings. The lowest BCUT2D eigenvalue weighted by molar-refractivity contribution is 0.0940. The summed E-state index contributed by atoms with van der Waals surface area (Å²) in [6.45, 7) is 1.90. The fourth-order valence-corrected chi connectivity index (χ4v) is 2.53. The molecule has 0 radical (unpaired) electrons. The predicted molar refractivity (Wildman–Crippen MR) is 89.9 cm³/mol. The minimum Gasteiger partial charge on any atom is -0.346 e. The van der Waals surface area contributed by atoms with Crippen molar-refractivity contribution in [2.45, 2.75) is 13.0 Å². The van der Waals surface area contributed by atoms with Crippen molar-refractivity contribution >= 4 is 29.0 Å². The van der Waals surface area contributed by atoms with E-state index in [1.54, 1.807) is 30.6 Å². The summed E-state index contributed by atoms with van der Waals surface area (Å²) in [7, 11) is 0. The van der Waals surface area contributed by atoms with Crippen LogP contribution in [0.3, 0.4) is 0 Å². The van der Waals surface area contributed by atoms with Crippen molar-refractivity contribution in [3.05, 3.63) is 69.0 Å². The molecule has 2 aromatic heterocycles. The van der Waals surface area contributed by atoms with Gasteiger partial charge in [-0.3, -0.25) is 19.6 Å². The second-order valence-electron chi connectivity index (χ2n) is 5.14. The second-order valence-corrected chi connectivity index (χ2v) is 5.55. The van der Waals surface area contributed by atoms with Crippen LogP contribution in [0.25, 0.3) is 10.9 Å². The molecule has 3 aromatic rings. The Kier molecular flexibility index (Phi) is 4.03. The van der Waals surface area contributed by atoms with Crippen molar-refractivity contribution in [2.75, 3.05) is 0 Å². The lowest BCUT2D eigenvalue weighted by atomic mass is 10.1. The van der Waals surface area contributed by atoms with Gasteiger partial charge in [0.2, 0.25) is 0 Å². The summed E-state index contributed by atoms with van der Waals surface area (Å²) in [5.41, 5.74) is 1.67. The van der Waals surface area contributed by atoms with Crippen molar-refractivity contribution in [1.29, 1.82) is 0 Å². The number of H-pyrrole nitrogens is 2. The van der Waals surface area contributed by atoms with Crippen molar-refractivity contribution in [2.24, 2.45) is 0 Å². The van der Waals surface area contributed by atoms with E-state index in [0.717, 1.165) is 5.56 Å². The van der Waals surface area contributed by atoms with Gasteiger partial charge in [-0.25, -0.2) is 0 Å². The molecule has 6 nitrogen and oxygen atoms in total. The van der Waals surface area contributed by atoms with E-state index >= 15 is 0 Å². The quantitative estimate of drug-likeness (QED) is 0.645. The van der Waals surface area contributed by atoms with Crippen LogP contribution >= 0.6 is 12.2 Å². The smallest absolute Gasteiger partial charge is 0.259 e. The largest absolute Gasteiger partial charge is 0.346 e. The zero-order chi connectivity index (χ0) is 16.4. The Labute approximate surface area is 136 Å². The molecule has 0 aliphatic carbocycles. The van der Waals surface area contributed by atoms with E-state index in [-0.39, 0.29) is 22.3 Å². The number of carbonyl (C=O) groups excluding carboxylic acids is 1. The molecular formula is C16H14N4O2S.